The van der Waals surface area contributed by atoms with Crippen molar-refractivity contribution >= 4 is 17.0 Å². The van der Waals surface area contributed by atoms with Gasteiger partial charge in [0.2, 0.25) is 5.95 Å². The van der Waals surface area contributed by atoms with E-state index < -0.39 is 0 Å². The van der Waals surface area contributed by atoms with Crippen molar-refractivity contribution in [1.29, 1.82) is 0 Å². The van der Waals surface area contributed by atoms with Gasteiger partial charge in [-0.15, -0.1) is 0 Å². The van der Waals surface area contributed by atoms with Gasteiger partial charge in [-0.1, -0.05) is 6.92 Å². The highest BCUT2D eigenvalue weighted by molar-refractivity contribution is 5.77. The van der Waals surface area contributed by atoms with Gasteiger partial charge in [-0.05, 0) is 38.0 Å². The molecular formula is C13H18FN3O. The lowest BCUT2D eigenvalue weighted by Gasteiger charge is -2.28. The molecule has 0 amide bonds. The zero-order valence-corrected chi connectivity index (χ0v) is 10.6. The van der Waals surface area contributed by atoms with E-state index in [1.165, 1.54) is 12.1 Å². The van der Waals surface area contributed by atoms with E-state index in [1.54, 1.807) is 6.07 Å². The van der Waals surface area contributed by atoms with Gasteiger partial charge in [0, 0.05) is 12.1 Å². The van der Waals surface area contributed by atoms with E-state index in [4.69, 9.17) is 5.11 Å². The van der Waals surface area contributed by atoms with Crippen LogP contribution in [-0.4, -0.2) is 27.2 Å². The molecular weight excluding hydrogens is 233 g/mol. The van der Waals surface area contributed by atoms with Crippen LogP contribution >= 0.6 is 0 Å². The summed E-state index contributed by atoms with van der Waals surface area (Å²) in [5.41, 5.74) is 1.17. The van der Waals surface area contributed by atoms with Crippen molar-refractivity contribution in [1.82, 2.24) is 9.97 Å². The highest BCUT2D eigenvalue weighted by atomic mass is 19.1. The molecule has 18 heavy (non-hydrogen) atoms. The number of aromatic amines is 1. The second kappa shape index (κ2) is 4.94. The van der Waals surface area contributed by atoms with Gasteiger partial charge in [0.25, 0.3) is 0 Å². The number of hydrogen-bond acceptors (Lipinski definition) is 3. The summed E-state index contributed by atoms with van der Waals surface area (Å²) >= 11 is 0. The molecule has 0 aliphatic carbocycles. The number of nitrogens with zero attached hydrogens (tertiary/aromatic N) is 1. The van der Waals surface area contributed by atoms with Crippen molar-refractivity contribution in [2.75, 3.05) is 11.9 Å². The van der Waals surface area contributed by atoms with Crippen LogP contribution in [0.3, 0.4) is 0 Å². The highest BCUT2D eigenvalue weighted by Crippen LogP contribution is 2.22. The van der Waals surface area contributed by atoms with Gasteiger partial charge < -0.3 is 15.4 Å². The molecule has 0 bridgehead atoms. The lowest BCUT2D eigenvalue weighted by molar-refractivity contribution is 0.251. The Labute approximate surface area is 105 Å². The van der Waals surface area contributed by atoms with E-state index in [0.717, 1.165) is 11.9 Å². The average molecular weight is 251 g/mol. The van der Waals surface area contributed by atoms with E-state index in [9.17, 15) is 4.39 Å². The van der Waals surface area contributed by atoms with Crippen molar-refractivity contribution in [3.8, 4) is 0 Å². The number of hydrogen-bond donors (Lipinski definition) is 3. The molecule has 1 heterocycles. The summed E-state index contributed by atoms with van der Waals surface area (Å²) in [7, 11) is 0. The van der Waals surface area contributed by atoms with Crippen LogP contribution in [0.2, 0.25) is 0 Å². The van der Waals surface area contributed by atoms with Gasteiger partial charge in [0.05, 0.1) is 11.0 Å². The Morgan fingerprint density at radius 2 is 2.28 bits per heavy atom. The van der Waals surface area contributed by atoms with Gasteiger partial charge in [0.1, 0.15) is 5.82 Å². The van der Waals surface area contributed by atoms with E-state index in [0.29, 0.717) is 17.9 Å². The second-order valence-electron chi connectivity index (χ2n) is 4.76. The number of fused-ring (bicyclic) bond motifs is 1. The first kappa shape index (κ1) is 12.8. The summed E-state index contributed by atoms with van der Waals surface area (Å²) in [5, 5.41) is 12.3. The molecule has 2 rings (SSSR count). The predicted molar refractivity (Wildman–Crippen MR) is 70.1 cm³/mol. The zero-order chi connectivity index (χ0) is 13.2. The molecule has 1 aromatic carbocycles. The van der Waals surface area contributed by atoms with Crippen LogP contribution in [-0.2, 0) is 0 Å². The van der Waals surface area contributed by atoms with E-state index in [1.807, 2.05) is 13.8 Å². The molecule has 3 N–H and O–H groups in total. The molecule has 0 saturated heterocycles. The fraction of sp³-hybridized carbons (Fsp3) is 0.462. The summed E-state index contributed by atoms with van der Waals surface area (Å²) < 4.78 is 13.1. The largest absolute Gasteiger partial charge is 0.396 e. The highest BCUT2D eigenvalue weighted by Gasteiger charge is 2.22. The van der Waals surface area contributed by atoms with Crippen LogP contribution < -0.4 is 5.32 Å². The first-order valence-electron chi connectivity index (χ1n) is 6.10. The van der Waals surface area contributed by atoms with Crippen LogP contribution in [0.4, 0.5) is 10.3 Å². The molecule has 5 heteroatoms. The Kier molecular flexibility index (Phi) is 3.52. The van der Waals surface area contributed by atoms with Crippen molar-refractivity contribution in [3.05, 3.63) is 24.0 Å². The molecule has 1 unspecified atom stereocenters. The number of anilines is 1. The lowest BCUT2D eigenvalue weighted by Crippen LogP contribution is -2.35. The Hall–Kier alpha value is -1.62. The van der Waals surface area contributed by atoms with Crippen LogP contribution in [0.5, 0.6) is 0 Å². The number of imidazole rings is 1. The number of benzene rings is 1. The molecule has 2 aromatic rings. The maximum Gasteiger partial charge on any atom is 0.201 e. The number of nitrogens with one attached hydrogen (secondary N) is 2. The monoisotopic (exact) mass is 251 g/mol. The average Bonchev–Trinajstić information content (AvgIpc) is 2.70. The quantitative estimate of drug-likeness (QED) is 0.765. The van der Waals surface area contributed by atoms with E-state index in [2.05, 4.69) is 15.3 Å². The lowest BCUT2D eigenvalue weighted by atomic mass is 9.95. The third kappa shape index (κ3) is 2.61. The number of aliphatic hydroxyl groups excluding tert-OH is 1. The normalized spacial score (nSPS) is 14.7. The maximum absolute atomic E-state index is 13.1. The minimum atomic E-state index is -0.286. The minimum Gasteiger partial charge on any atom is -0.396 e. The van der Waals surface area contributed by atoms with Crippen molar-refractivity contribution in [2.45, 2.75) is 32.2 Å². The van der Waals surface area contributed by atoms with Gasteiger partial charge in [0.15, 0.2) is 0 Å². The van der Waals surface area contributed by atoms with Gasteiger partial charge in [-0.2, -0.15) is 0 Å². The topological polar surface area (TPSA) is 60.9 Å². The summed E-state index contributed by atoms with van der Waals surface area (Å²) in [6.45, 7) is 4.19. The number of aliphatic hydroxyl groups is 1. The van der Waals surface area contributed by atoms with Crippen molar-refractivity contribution in [2.24, 2.45) is 0 Å². The molecule has 0 aliphatic heterocycles. The van der Waals surface area contributed by atoms with E-state index >= 15 is 0 Å². The standard InChI is InChI=1S/C13H18FN3O/c1-3-13(2,6-7-18)17-12-15-10-5-4-9(14)8-11(10)16-12/h4-5,8,18H,3,6-7H2,1-2H3,(H2,15,16,17). The van der Waals surface area contributed by atoms with Crippen LogP contribution in [0.15, 0.2) is 18.2 Å². The van der Waals surface area contributed by atoms with Gasteiger partial charge in [-0.25, -0.2) is 9.37 Å². The Balaban J connectivity index is 2.26. The second-order valence-corrected chi connectivity index (χ2v) is 4.76. The SMILES string of the molecule is CCC(C)(CCO)Nc1nc2ccc(F)cc2[nH]1. The third-order valence-corrected chi connectivity index (χ3v) is 3.31. The summed E-state index contributed by atoms with van der Waals surface area (Å²) in [4.78, 5) is 7.40. The number of H-pyrrole nitrogens is 1. The Bertz CT molecular complexity index is 540. The third-order valence-electron chi connectivity index (χ3n) is 3.31. The first-order chi connectivity index (χ1) is 8.56. The fourth-order valence-corrected chi connectivity index (χ4v) is 1.90. The molecule has 0 fully saturated rings. The summed E-state index contributed by atoms with van der Waals surface area (Å²) in [6.07, 6.45) is 1.49. The smallest absolute Gasteiger partial charge is 0.201 e. The summed E-state index contributed by atoms with van der Waals surface area (Å²) in [6, 6.07) is 4.45. The fourth-order valence-electron chi connectivity index (χ4n) is 1.90. The Morgan fingerprint density at radius 1 is 1.50 bits per heavy atom. The van der Waals surface area contributed by atoms with Crippen molar-refractivity contribution in [3.63, 3.8) is 0 Å². The van der Waals surface area contributed by atoms with Gasteiger partial charge >= 0.3 is 0 Å². The number of aromatic nitrogens is 2. The van der Waals surface area contributed by atoms with Crippen LogP contribution in [0.25, 0.3) is 11.0 Å². The molecule has 1 atom stereocenters. The van der Waals surface area contributed by atoms with Crippen LogP contribution in [0.1, 0.15) is 26.7 Å². The molecule has 0 aliphatic rings. The predicted octanol–water partition coefficient (Wildman–Crippen LogP) is 2.67. The number of rotatable bonds is 5. The molecule has 1 aromatic heterocycles. The molecule has 98 valence electrons. The zero-order valence-electron chi connectivity index (χ0n) is 10.6. The van der Waals surface area contributed by atoms with Crippen LogP contribution in [0, 0.1) is 5.82 Å². The maximum atomic E-state index is 13.1. The first-order valence-corrected chi connectivity index (χ1v) is 6.10. The Morgan fingerprint density at radius 3 is 2.94 bits per heavy atom. The summed E-state index contributed by atoms with van der Waals surface area (Å²) in [5.74, 6) is 0.319. The molecule has 0 radical (unpaired) electrons. The molecule has 0 spiro atoms. The van der Waals surface area contributed by atoms with Crippen molar-refractivity contribution < 1.29 is 9.50 Å². The van der Waals surface area contributed by atoms with E-state index in [-0.39, 0.29) is 18.0 Å². The number of halogens is 1. The molecule has 0 saturated carbocycles. The van der Waals surface area contributed by atoms with Gasteiger partial charge in [-0.3, -0.25) is 0 Å². The minimum absolute atomic E-state index is 0.117. The molecule has 4 nitrogen and oxygen atoms in total.